The number of carbonyl (C=O) groups excluding carboxylic acids is 2. The van der Waals surface area contributed by atoms with E-state index in [4.69, 9.17) is 5.73 Å². The second-order valence-corrected chi connectivity index (χ2v) is 9.77. The van der Waals surface area contributed by atoms with E-state index in [0.717, 1.165) is 28.7 Å². The Labute approximate surface area is 176 Å². The first kappa shape index (κ1) is 20.9. The van der Waals surface area contributed by atoms with Crippen LogP contribution in [0.2, 0.25) is 0 Å². The van der Waals surface area contributed by atoms with Gasteiger partial charge in [-0.1, -0.05) is 17.7 Å². The van der Waals surface area contributed by atoms with Crippen molar-refractivity contribution in [2.24, 2.45) is 0 Å². The Morgan fingerprint density at radius 1 is 0.839 bits per heavy atom. The number of anilines is 2. The van der Waals surface area contributed by atoms with Gasteiger partial charge in [-0.25, -0.2) is 4.90 Å². The highest BCUT2D eigenvalue weighted by Gasteiger charge is 2.37. The molecule has 2 amide bonds. The Balaban J connectivity index is 2.16. The first-order chi connectivity index (χ1) is 14.3. The number of hydrogen-bond donors (Lipinski definition) is 3. The van der Waals surface area contributed by atoms with Gasteiger partial charge in [-0.15, -0.1) is 0 Å². The quantitative estimate of drug-likeness (QED) is 0.299. The van der Waals surface area contributed by atoms with E-state index in [-0.39, 0.29) is 27.6 Å². The normalized spacial score (nSPS) is 14.4. The van der Waals surface area contributed by atoms with Crippen molar-refractivity contribution in [3.8, 4) is 0 Å². The largest absolute Gasteiger partial charge is 0.397 e. The molecule has 160 valence electrons. The highest BCUT2D eigenvalue weighted by molar-refractivity contribution is 7.86. The number of nitrogen functional groups attached to an aromatic ring is 1. The molecule has 3 aromatic rings. The average Bonchev–Trinajstić information content (AvgIpc) is 2.66. The van der Waals surface area contributed by atoms with Crippen LogP contribution in [0.25, 0.3) is 10.8 Å². The van der Waals surface area contributed by atoms with E-state index in [1.165, 1.54) is 12.1 Å². The van der Waals surface area contributed by atoms with Crippen LogP contribution in [0.3, 0.4) is 0 Å². The molecule has 1 aliphatic heterocycles. The molecule has 4 rings (SSSR count). The lowest BCUT2D eigenvalue weighted by atomic mass is 9.92. The molecule has 31 heavy (non-hydrogen) atoms. The number of amides is 2. The van der Waals surface area contributed by atoms with E-state index in [2.05, 4.69) is 0 Å². The van der Waals surface area contributed by atoms with Crippen molar-refractivity contribution in [1.82, 2.24) is 0 Å². The molecule has 0 atom stereocenters. The van der Waals surface area contributed by atoms with Crippen LogP contribution in [-0.2, 0) is 20.2 Å². The highest BCUT2D eigenvalue weighted by atomic mass is 32.2. The Morgan fingerprint density at radius 3 is 1.90 bits per heavy atom. The first-order valence-corrected chi connectivity index (χ1v) is 11.5. The molecule has 0 unspecified atom stereocenters. The maximum Gasteiger partial charge on any atom is 0.296 e. The molecule has 4 N–H and O–H groups in total. The van der Waals surface area contributed by atoms with Crippen LogP contribution in [0.4, 0.5) is 11.4 Å². The van der Waals surface area contributed by atoms with Crippen LogP contribution in [0.1, 0.15) is 26.3 Å². The minimum absolute atomic E-state index is 0.0874. The van der Waals surface area contributed by atoms with Gasteiger partial charge in [-0.3, -0.25) is 18.7 Å². The topological polar surface area (TPSA) is 172 Å². The number of nitrogens with zero attached hydrogens (tertiary/aromatic N) is 1. The average molecular weight is 462 g/mol. The summed E-state index contributed by atoms with van der Waals surface area (Å²) in [5.41, 5.74) is 5.70. The third-order valence-electron chi connectivity index (χ3n) is 4.95. The molecule has 0 aromatic heterocycles. The summed E-state index contributed by atoms with van der Waals surface area (Å²) in [4.78, 5) is 25.6. The van der Waals surface area contributed by atoms with Gasteiger partial charge in [0.1, 0.15) is 4.90 Å². The minimum atomic E-state index is -4.91. The van der Waals surface area contributed by atoms with E-state index >= 15 is 0 Å². The SMILES string of the molecule is Cc1ccc(N2C(=O)c3cc(S(=O)(=O)O)cc4c(N)c(S(=O)(=O)O)cc(c34)C2=O)cc1. The molecule has 12 heteroatoms. The van der Waals surface area contributed by atoms with Gasteiger partial charge in [0.25, 0.3) is 32.1 Å². The van der Waals surface area contributed by atoms with Gasteiger partial charge in [-0.05, 0) is 37.3 Å². The summed E-state index contributed by atoms with van der Waals surface area (Å²) in [5, 5.41) is -0.379. The maximum atomic E-state index is 13.2. The van der Waals surface area contributed by atoms with Crippen molar-refractivity contribution in [1.29, 1.82) is 0 Å². The second-order valence-electron chi connectivity index (χ2n) is 6.96. The smallest absolute Gasteiger partial charge is 0.296 e. The fourth-order valence-electron chi connectivity index (χ4n) is 3.49. The molecular weight excluding hydrogens is 448 g/mol. The zero-order valence-corrected chi connectivity index (χ0v) is 17.4. The van der Waals surface area contributed by atoms with E-state index in [1.807, 2.05) is 0 Å². The second kappa shape index (κ2) is 6.59. The highest BCUT2D eigenvalue weighted by Crippen LogP contribution is 2.40. The molecule has 3 aromatic carbocycles. The molecule has 0 fully saturated rings. The molecule has 0 saturated carbocycles. The van der Waals surface area contributed by atoms with E-state index in [9.17, 15) is 35.5 Å². The number of hydrogen-bond acceptors (Lipinski definition) is 7. The van der Waals surface area contributed by atoms with Gasteiger partial charge in [0.2, 0.25) is 0 Å². The van der Waals surface area contributed by atoms with Crippen molar-refractivity contribution in [3.63, 3.8) is 0 Å². The third kappa shape index (κ3) is 3.25. The van der Waals surface area contributed by atoms with Gasteiger partial charge in [-0.2, -0.15) is 16.8 Å². The van der Waals surface area contributed by atoms with Gasteiger partial charge in [0, 0.05) is 10.8 Å². The maximum absolute atomic E-state index is 13.2. The molecule has 1 heterocycles. The predicted molar refractivity (Wildman–Crippen MR) is 110 cm³/mol. The predicted octanol–water partition coefficient (Wildman–Crippen LogP) is 2.02. The van der Waals surface area contributed by atoms with E-state index in [1.54, 1.807) is 19.1 Å². The number of aryl methyl sites for hydroxylation is 1. The molecule has 10 nitrogen and oxygen atoms in total. The molecular formula is C19H14N2O8S2. The van der Waals surface area contributed by atoms with Gasteiger partial charge >= 0.3 is 0 Å². The van der Waals surface area contributed by atoms with Crippen molar-refractivity contribution >= 4 is 54.2 Å². The molecule has 0 bridgehead atoms. The number of imide groups is 1. The lowest BCUT2D eigenvalue weighted by Gasteiger charge is -2.28. The van der Waals surface area contributed by atoms with Crippen LogP contribution >= 0.6 is 0 Å². The van der Waals surface area contributed by atoms with E-state index < -0.39 is 47.5 Å². The summed E-state index contributed by atoms with van der Waals surface area (Å²) >= 11 is 0. The van der Waals surface area contributed by atoms with Crippen molar-refractivity contribution in [3.05, 3.63) is 59.2 Å². The molecule has 0 aliphatic carbocycles. The van der Waals surface area contributed by atoms with Crippen LogP contribution < -0.4 is 10.6 Å². The van der Waals surface area contributed by atoms with Crippen LogP contribution in [0.15, 0.2) is 52.3 Å². The van der Waals surface area contributed by atoms with Crippen LogP contribution in [0.5, 0.6) is 0 Å². The lowest BCUT2D eigenvalue weighted by Crippen LogP contribution is -2.40. The Kier molecular flexibility index (Phi) is 4.45. The zero-order valence-electron chi connectivity index (χ0n) is 15.7. The summed E-state index contributed by atoms with van der Waals surface area (Å²) < 4.78 is 66.2. The summed E-state index contributed by atoms with van der Waals surface area (Å²) in [6.45, 7) is 1.79. The van der Waals surface area contributed by atoms with Crippen molar-refractivity contribution in [2.45, 2.75) is 16.7 Å². The molecule has 1 aliphatic rings. The van der Waals surface area contributed by atoms with Crippen molar-refractivity contribution < 1.29 is 35.5 Å². The first-order valence-electron chi connectivity index (χ1n) is 8.61. The van der Waals surface area contributed by atoms with Gasteiger partial charge < -0.3 is 5.73 Å². The van der Waals surface area contributed by atoms with Crippen LogP contribution in [-0.4, -0.2) is 37.8 Å². The number of nitrogens with two attached hydrogens (primary N) is 1. The molecule has 0 spiro atoms. The Morgan fingerprint density at radius 2 is 1.39 bits per heavy atom. The number of benzene rings is 3. The summed E-state index contributed by atoms with van der Waals surface area (Å²) in [5.74, 6) is -1.79. The fraction of sp³-hybridized carbons (Fsp3) is 0.0526. The lowest BCUT2D eigenvalue weighted by molar-refractivity contribution is 0.0893. The monoisotopic (exact) mass is 462 g/mol. The summed E-state index contributed by atoms with van der Waals surface area (Å²) in [7, 11) is -9.74. The van der Waals surface area contributed by atoms with Crippen LogP contribution in [0, 0.1) is 6.92 Å². The Bertz CT molecular complexity index is 1500. The summed E-state index contributed by atoms with van der Waals surface area (Å²) in [6, 6.07) is 8.80. The van der Waals surface area contributed by atoms with Gasteiger partial charge in [0.05, 0.1) is 27.4 Å². The third-order valence-corrected chi connectivity index (χ3v) is 6.67. The summed E-state index contributed by atoms with van der Waals surface area (Å²) in [6.07, 6.45) is 0. The fourth-order valence-corrected chi connectivity index (χ4v) is 4.68. The minimum Gasteiger partial charge on any atom is -0.397 e. The molecule has 0 saturated heterocycles. The van der Waals surface area contributed by atoms with Gasteiger partial charge in [0.15, 0.2) is 0 Å². The zero-order chi connectivity index (χ0) is 22.9. The number of rotatable bonds is 3. The Hall–Kier alpha value is -3.32. The number of carbonyl (C=O) groups is 2. The standard InChI is InChI=1S/C19H14N2O8S2/c1-9-2-4-10(5-3-9)21-18(22)13-7-11(30(24,25)26)6-12-16(13)14(19(21)23)8-15(17(12)20)31(27,28)29/h2-8H,20H2,1H3,(H,24,25,26)(H,27,28,29). The van der Waals surface area contributed by atoms with E-state index in [0.29, 0.717) is 0 Å². The van der Waals surface area contributed by atoms with Crippen molar-refractivity contribution in [2.75, 3.05) is 10.6 Å². The molecule has 0 radical (unpaired) electrons.